The van der Waals surface area contributed by atoms with Gasteiger partial charge in [0.1, 0.15) is 0 Å². The van der Waals surface area contributed by atoms with Gasteiger partial charge in [-0.15, -0.1) is 11.3 Å². The summed E-state index contributed by atoms with van der Waals surface area (Å²) in [7, 11) is 0. The van der Waals surface area contributed by atoms with Gasteiger partial charge < -0.3 is 19.6 Å². The summed E-state index contributed by atoms with van der Waals surface area (Å²) in [6.45, 7) is 11.6. The van der Waals surface area contributed by atoms with Crippen molar-refractivity contribution in [1.82, 2.24) is 24.6 Å². The number of piperazine rings is 1. The number of fused-ring (bicyclic) bond motifs is 1. The largest absolute Gasteiger partial charge is 0.356 e. The highest BCUT2D eigenvalue weighted by atomic mass is 32.1. The molecule has 10 heteroatoms. The summed E-state index contributed by atoms with van der Waals surface area (Å²) in [5.41, 5.74) is 2.60. The van der Waals surface area contributed by atoms with Crippen molar-refractivity contribution >= 4 is 23.2 Å². The molecule has 4 heterocycles. The average Bonchev–Trinajstić information content (AvgIpc) is 3.36. The van der Waals surface area contributed by atoms with Crippen LogP contribution in [0, 0.1) is 0 Å². The summed E-state index contributed by atoms with van der Waals surface area (Å²) in [5, 5.41) is 12.8. The Labute approximate surface area is 216 Å². The van der Waals surface area contributed by atoms with Crippen LogP contribution in [0.25, 0.3) is 0 Å². The Hall–Kier alpha value is -2.37. The minimum atomic E-state index is -0.940. The van der Waals surface area contributed by atoms with Gasteiger partial charge in [-0.2, -0.15) is 0 Å². The molecule has 1 N–H and O–H groups in total. The molecule has 1 aromatic carbocycles. The topological polar surface area (TPSA) is 89.5 Å². The fraction of sp³-hybridized carbons (Fsp3) is 0.577. The number of aliphatic hydroxyl groups excluding tert-OH is 1. The number of likely N-dealkylation sites (tertiary alicyclic amines) is 1. The lowest BCUT2D eigenvalue weighted by atomic mass is 9.96. The van der Waals surface area contributed by atoms with E-state index in [9.17, 15) is 14.7 Å². The van der Waals surface area contributed by atoms with Gasteiger partial charge in [-0.25, -0.2) is 4.98 Å². The first-order valence-corrected chi connectivity index (χ1v) is 13.5. The Morgan fingerprint density at radius 3 is 2.47 bits per heavy atom. The summed E-state index contributed by atoms with van der Waals surface area (Å²) < 4.78 is 5.70. The van der Waals surface area contributed by atoms with E-state index in [-0.39, 0.29) is 11.8 Å². The number of carbonyl (C=O) groups is 2. The Morgan fingerprint density at radius 2 is 1.81 bits per heavy atom. The summed E-state index contributed by atoms with van der Waals surface area (Å²) in [5.74, 6) is 0.0898. The van der Waals surface area contributed by atoms with Gasteiger partial charge in [0.25, 0.3) is 11.8 Å². The number of hydrogen-bond acceptors (Lipinski definition) is 8. The lowest BCUT2D eigenvalue weighted by Crippen LogP contribution is -2.64. The number of aliphatic hydroxyl groups is 1. The monoisotopic (exact) mass is 513 g/mol. The molecule has 2 aromatic rings. The predicted octanol–water partition coefficient (Wildman–Crippen LogP) is 1.87. The summed E-state index contributed by atoms with van der Waals surface area (Å²) in [6, 6.07) is 6.27. The Bertz CT molecular complexity index is 1090. The van der Waals surface area contributed by atoms with Gasteiger partial charge in [0.2, 0.25) is 6.41 Å². The molecule has 5 rings (SSSR count). The molecule has 9 nitrogen and oxygen atoms in total. The number of nitrogens with zero attached hydrogens (tertiary/aromatic N) is 5. The van der Waals surface area contributed by atoms with Gasteiger partial charge in [-0.1, -0.05) is 6.07 Å². The lowest BCUT2D eigenvalue weighted by Gasteiger charge is -2.48. The fourth-order valence-electron chi connectivity index (χ4n) is 5.08. The molecule has 1 atom stereocenters. The molecular weight excluding hydrogens is 478 g/mol. The third kappa shape index (κ3) is 5.47. The van der Waals surface area contributed by atoms with Crippen LogP contribution in [0.15, 0.2) is 29.8 Å². The number of carbonyl (C=O) groups excluding carboxylic acids is 2. The second-order valence-corrected chi connectivity index (χ2v) is 11.7. The number of hydrogen-bond donors (Lipinski definition) is 1. The number of rotatable bonds is 5. The van der Waals surface area contributed by atoms with Crippen LogP contribution >= 0.6 is 11.3 Å². The van der Waals surface area contributed by atoms with E-state index in [1.165, 1.54) is 11.3 Å². The van der Waals surface area contributed by atoms with Gasteiger partial charge in [-0.05, 0) is 50.5 Å². The third-order valence-corrected chi connectivity index (χ3v) is 7.91. The maximum absolute atomic E-state index is 13.1. The van der Waals surface area contributed by atoms with Crippen molar-refractivity contribution < 1.29 is 19.4 Å². The minimum absolute atomic E-state index is 0.0156. The van der Waals surface area contributed by atoms with E-state index in [0.717, 1.165) is 49.3 Å². The van der Waals surface area contributed by atoms with E-state index in [1.54, 1.807) is 6.20 Å². The molecule has 3 aliphatic heterocycles. The van der Waals surface area contributed by atoms with Crippen LogP contribution in [0.1, 0.15) is 52.1 Å². The van der Waals surface area contributed by atoms with Crippen LogP contribution in [0.3, 0.4) is 0 Å². The van der Waals surface area contributed by atoms with E-state index >= 15 is 0 Å². The van der Waals surface area contributed by atoms with E-state index in [4.69, 9.17) is 4.74 Å². The van der Waals surface area contributed by atoms with Crippen molar-refractivity contribution in [3.63, 3.8) is 0 Å². The van der Waals surface area contributed by atoms with Crippen molar-refractivity contribution in [3.8, 4) is 0 Å². The summed E-state index contributed by atoms with van der Waals surface area (Å²) >= 11 is 1.38. The van der Waals surface area contributed by atoms with Crippen molar-refractivity contribution in [2.24, 2.45) is 0 Å². The van der Waals surface area contributed by atoms with Crippen LogP contribution in [-0.4, -0.2) is 105 Å². The Kier molecular flexibility index (Phi) is 7.15. The van der Waals surface area contributed by atoms with E-state index < -0.39 is 12.0 Å². The van der Waals surface area contributed by atoms with Crippen LogP contribution in [0.4, 0.5) is 0 Å². The first-order chi connectivity index (χ1) is 17.2. The van der Waals surface area contributed by atoms with Gasteiger partial charge in [0.05, 0.1) is 5.60 Å². The van der Waals surface area contributed by atoms with Crippen molar-refractivity contribution in [2.45, 2.75) is 51.8 Å². The Balaban J connectivity index is 1.11. The number of aromatic nitrogens is 1. The third-order valence-electron chi connectivity index (χ3n) is 7.15. The summed E-state index contributed by atoms with van der Waals surface area (Å²) in [4.78, 5) is 37.9. The molecule has 36 heavy (non-hydrogen) atoms. The number of benzene rings is 1. The molecule has 0 saturated carbocycles. The molecule has 2 amide bonds. The smallest absolute Gasteiger partial charge is 0.282 e. The molecule has 1 unspecified atom stereocenters. The van der Waals surface area contributed by atoms with Crippen LogP contribution in [-0.2, 0) is 17.7 Å². The van der Waals surface area contributed by atoms with E-state index in [1.807, 2.05) is 59.1 Å². The van der Waals surface area contributed by atoms with E-state index in [2.05, 4.69) is 9.88 Å². The van der Waals surface area contributed by atoms with Gasteiger partial charge in [0, 0.05) is 75.5 Å². The number of thiazole rings is 1. The van der Waals surface area contributed by atoms with Crippen molar-refractivity contribution in [3.05, 3.63) is 51.5 Å². The Morgan fingerprint density at radius 1 is 1.06 bits per heavy atom. The second-order valence-electron chi connectivity index (χ2n) is 10.8. The number of amides is 2. The van der Waals surface area contributed by atoms with Crippen molar-refractivity contribution in [2.75, 3.05) is 45.8 Å². The zero-order chi connectivity index (χ0) is 25.4. The van der Waals surface area contributed by atoms with Gasteiger partial charge in [-0.3, -0.25) is 19.4 Å². The first kappa shape index (κ1) is 25.3. The molecule has 0 radical (unpaired) electrons. The zero-order valence-corrected chi connectivity index (χ0v) is 22.0. The highest BCUT2D eigenvalue weighted by Crippen LogP contribution is 2.26. The first-order valence-electron chi connectivity index (χ1n) is 12.6. The minimum Gasteiger partial charge on any atom is -0.356 e. The van der Waals surface area contributed by atoms with Gasteiger partial charge in [0.15, 0.2) is 5.01 Å². The molecule has 0 aliphatic carbocycles. The maximum atomic E-state index is 13.1. The normalized spacial score (nSPS) is 20.7. The lowest BCUT2D eigenvalue weighted by molar-refractivity contribution is -0.242. The molecule has 2 saturated heterocycles. The maximum Gasteiger partial charge on any atom is 0.282 e. The SMILES string of the molecule is CC(C)(C)OC(O)N1CCc2cc(C(=O)N3CC(N4CCN(C(=O)c5nccs5)CC4)C3)ccc2C1. The van der Waals surface area contributed by atoms with Crippen LogP contribution in [0.5, 0.6) is 0 Å². The quantitative estimate of drug-likeness (QED) is 0.611. The second kappa shape index (κ2) is 10.2. The standard InChI is InChI=1S/C26H35N5O4S/c1-26(2,3)35-25(34)30-8-6-18-14-19(4-5-20(18)15-30)23(32)31-16-21(17-31)28-9-11-29(12-10-28)24(33)22-27-7-13-36-22/h4-5,7,13-14,21,25,34H,6,8-12,15-17H2,1-3H3. The van der Waals surface area contributed by atoms with Crippen LogP contribution in [0.2, 0.25) is 0 Å². The highest BCUT2D eigenvalue weighted by Gasteiger charge is 2.37. The molecule has 0 spiro atoms. The fourth-order valence-corrected chi connectivity index (χ4v) is 5.68. The van der Waals surface area contributed by atoms with Gasteiger partial charge >= 0.3 is 0 Å². The summed E-state index contributed by atoms with van der Waals surface area (Å²) in [6.07, 6.45) is 1.50. The van der Waals surface area contributed by atoms with Crippen LogP contribution < -0.4 is 0 Å². The zero-order valence-electron chi connectivity index (χ0n) is 21.2. The molecule has 1 aromatic heterocycles. The predicted molar refractivity (Wildman–Crippen MR) is 137 cm³/mol. The average molecular weight is 514 g/mol. The van der Waals surface area contributed by atoms with E-state index in [0.29, 0.717) is 37.2 Å². The molecule has 194 valence electrons. The molecule has 2 fully saturated rings. The highest BCUT2D eigenvalue weighted by molar-refractivity contribution is 7.11. The number of ether oxygens (including phenoxy) is 1. The molecular formula is C26H35N5O4S. The molecule has 3 aliphatic rings. The van der Waals surface area contributed by atoms with Crippen molar-refractivity contribution in [1.29, 1.82) is 0 Å². The molecule has 0 bridgehead atoms.